The Labute approximate surface area is 117 Å². The van der Waals surface area contributed by atoms with Crippen LogP contribution >= 0.6 is 15.9 Å². The summed E-state index contributed by atoms with van der Waals surface area (Å²) >= 11 is 3.36. The SMILES string of the molecule is Oc1ccc(CNCC(C2CC2)C2CC2)cc1Br. The third-order valence-corrected chi connectivity index (χ3v) is 4.81. The van der Waals surface area contributed by atoms with Crippen molar-refractivity contribution in [1.82, 2.24) is 5.32 Å². The fraction of sp³-hybridized carbons (Fsp3) is 0.600. The first kappa shape index (κ1) is 12.5. The van der Waals surface area contributed by atoms with Gasteiger partial charge in [0, 0.05) is 6.54 Å². The van der Waals surface area contributed by atoms with Gasteiger partial charge in [-0.3, -0.25) is 0 Å². The van der Waals surface area contributed by atoms with E-state index in [-0.39, 0.29) is 0 Å². The maximum atomic E-state index is 9.45. The summed E-state index contributed by atoms with van der Waals surface area (Å²) in [6.07, 6.45) is 5.81. The fourth-order valence-corrected chi connectivity index (χ4v) is 3.24. The van der Waals surface area contributed by atoms with E-state index in [1.807, 2.05) is 12.1 Å². The molecule has 0 unspecified atom stereocenters. The Balaban J connectivity index is 1.49. The maximum absolute atomic E-state index is 9.45. The van der Waals surface area contributed by atoms with E-state index in [9.17, 15) is 5.11 Å². The summed E-state index contributed by atoms with van der Waals surface area (Å²) in [5.74, 6) is 3.26. The molecule has 0 spiro atoms. The van der Waals surface area contributed by atoms with Gasteiger partial charge in [0.05, 0.1) is 4.47 Å². The molecule has 0 aliphatic heterocycles. The molecule has 0 atom stereocenters. The number of hydrogen-bond donors (Lipinski definition) is 2. The molecule has 0 aromatic heterocycles. The molecule has 1 aromatic carbocycles. The molecule has 2 N–H and O–H groups in total. The summed E-state index contributed by atoms with van der Waals surface area (Å²) in [5, 5.41) is 13.0. The van der Waals surface area contributed by atoms with Crippen molar-refractivity contribution in [3.8, 4) is 5.75 Å². The number of rotatable bonds is 6. The van der Waals surface area contributed by atoms with Crippen molar-refractivity contribution >= 4 is 15.9 Å². The van der Waals surface area contributed by atoms with Gasteiger partial charge in [-0.25, -0.2) is 0 Å². The fourth-order valence-electron chi connectivity index (χ4n) is 2.81. The van der Waals surface area contributed by atoms with Gasteiger partial charge in [-0.05, 0) is 83.6 Å². The highest BCUT2D eigenvalue weighted by Crippen LogP contribution is 2.48. The third kappa shape index (κ3) is 3.07. The largest absolute Gasteiger partial charge is 0.507 e. The number of benzene rings is 1. The van der Waals surface area contributed by atoms with Crippen LogP contribution in [0.4, 0.5) is 0 Å². The summed E-state index contributed by atoms with van der Waals surface area (Å²) in [6.45, 7) is 2.06. The first-order valence-corrected chi connectivity index (χ1v) is 7.71. The summed E-state index contributed by atoms with van der Waals surface area (Å²) in [4.78, 5) is 0. The topological polar surface area (TPSA) is 32.3 Å². The average molecular weight is 310 g/mol. The molecule has 18 heavy (non-hydrogen) atoms. The molecule has 3 heteroatoms. The molecule has 0 radical (unpaired) electrons. The molecule has 0 bridgehead atoms. The lowest BCUT2D eigenvalue weighted by molar-refractivity contribution is 0.378. The summed E-state index contributed by atoms with van der Waals surface area (Å²) in [7, 11) is 0. The molecule has 0 heterocycles. The van der Waals surface area contributed by atoms with Crippen LogP contribution in [0.25, 0.3) is 0 Å². The van der Waals surface area contributed by atoms with Gasteiger partial charge in [0.2, 0.25) is 0 Å². The molecule has 2 nitrogen and oxygen atoms in total. The number of hydrogen-bond acceptors (Lipinski definition) is 2. The molecular formula is C15H20BrNO. The predicted octanol–water partition coefficient (Wildman–Crippen LogP) is 3.68. The van der Waals surface area contributed by atoms with Gasteiger partial charge in [-0.1, -0.05) is 6.07 Å². The highest BCUT2D eigenvalue weighted by molar-refractivity contribution is 9.10. The minimum atomic E-state index is 0.313. The zero-order valence-electron chi connectivity index (χ0n) is 10.5. The van der Waals surface area contributed by atoms with Crippen molar-refractivity contribution in [1.29, 1.82) is 0 Å². The predicted molar refractivity (Wildman–Crippen MR) is 76.5 cm³/mol. The smallest absolute Gasteiger partial charge is 0.129 e. The number of phenols is 1. The molecule has 2 saturated carbocycles. The lowest BCUT2D eigenvalue weighted by atomic mass is 9.98. The Morgan fingerprint density at radius 1 is 1.22 bits per heavy atom. The Kier molecular flexibility index (Phi) is 3.62. The van der Waals surface area contributed by atoms with Crippen molar-refractivity contribution in [2.45, 2.75) is 32.2 Å². The Morgan fingerprint density at radius 3 is 2.44 bits per heavy atom. The van der Waals surface area contributed by atoms with Crippen LogP contribution in [0.1, 0.15) is 31.2 Å². The zero-order chi connectivity index (χ0) is 12.5. The second kappa shape index (κ2) is 5.22. The minimum absolute atomic E-state index is 0.313. The van der Waals surface area contributed by atoms with Crippen molar-refractivity contribution in [2.24, 2.45) is 17.8 Å². The van der Waals surface area contributed by atoms with Crippen molar-refractivity contribution < 1.29 is 5.11 Å². The first-order chi connectivity index (χ1) is 8.74. The van der Waals surface area contributed by atoms with Crippen LogP contribution < -0.4 is 5.32 Å². The highest BCUT2D eigenvalue weighted by atomic mass is 79.9. The number of nitrogens with one attached hydrogen (secondary N) is 1. The quantitative estimate of drug-likeness (QED) is 0.840. The Hall–Kier alpha value is -0.540. The van der Waals surface area contributed by atoms with E-state index in [2.05, 4.69) is 21.2 Å². The van der Waals surface area contributed by atoms with Crippen LogP contribution in [0.3, 0.4) is 0 Å². The molecular weight excluding hydrogens is 290 g/mol. The standard InChI is InChI=1S/C15H20BrNO/c16-14-7-10(1-6-15(14)18)8-17-9-13(11-2-3-11)12-4-5-12/h1,6-7,11-13,17-18H,2-5,8-9H2. The molecule has 2 aliphatic carbocycles. The molecule has 2 fully saturated rings. The van der Waals surface area contributed by atoms with Crippen LogP contribution in [0.5, 0.6) is 5.75 Å². The average Bonchev–Trinajstić information content (AvgIpc) is 3.22. The summed E-state index contributed by atoms with van der Waals surface area (Å²) < 4.78 is 0.780. The Morgan fingerprint density at radius 2 is 1.89 bits per heavy atom. The van der Waals surface area contributed by atoms with E-state index >= 15 is 0 Å². The van der Waals surface area contributed by atoms with E-state index in [0.717, 1.165) is 35.3 Å². The minimum Gasteiger partial charge on any atom is -0.507 e. The van der Waals surface area contributed by atoms with Crippen LogP contribution in [0, 0.1) is 17.8 Å². The normalized spacial score (nSPS) is 19.4. The second-order valence-corrected chi connectivity index (χ2v) is 6.61. The molecule has 98 valence electrons. The lowest BCUT2D eigenvalue weighted by Gasteiger charge is -2.16. The van der Waals surface area contributed by atoms with E-state index < -0.39 is 0 Å². The van der Waals surface area contributed by atoms with Crippen LogP contribution in [0.2, 0.25) is 0 Å². The first-order valence-electron chi connectivity index (χ1n) is 6.92. The molecule has 0 amide bonds. The van der Waals surface area contributed by atoms with Gasteiger partial charge in [0.25, 0.3) is 0 Å². The van der Waals surface area contributed by atoms with Gasteiger partial charge < -0.3 is 10.4 Å². The van der Waals surface area contributed by atoms with Crippen LogP contribution in [-0.2, 0) is 6.54 Å². The number of phenolic OH excluding ortho intramolecular Hbond substituents is 1. The van der Waals surface area contributed by atoms with E-state index in [1.54, 1.807) is 6.07 Å². The van der Waals surface area contributed by atoms with Gasteiger partial charge in [0.1, 0.15) is 5.75 Å². The van der Waals surface area contributed by atoms with Gasteiger partial charge in [-0.15, -0.1) is 0 Å². The zero-order valence-corrected chi connectivity index (χ0v) is 12.1. The van der Waals surface area contributed by atoms with Crippen LogP contribution in [-0.4, -0.2) is 11.7 Å². The maximum Gasteiger partial charge on any atom is 0.129 e. The summed E-state index contributed by atoms with van der Waals surface area (Å²) in [6, 6.07) is 5.72. The second-order valence-electron chi connectivity index (χ2n) is 5.76. The van der Waals surface area contributed by atoms with E-state index in [0.29, 0.717) is 5.75 Å². The van der Waals surface area contributed by atoms with E-state index in [1.165, 1.54) is 31.2 Å². The molecule has 2 aliphatic rings. The van der Waals surface area contributed by atoms with Crippen molar-refractivity contribution in [3.63, 3.8) is 0 Å². The van der Waals surface area contributed by atoms with Crippen molar-refractivity contribution in [3.05, 3.63) is 28.2 Å². The van der Waals surface area contributed by atoms with Crippen molar-refractivity contribution in [2.75, 3.05) is 6.54 Å². The monoisotopic (exact) mass is 309 g/mol. The molecule has 3 rings (SSSR count). The van der Waals surface area contributed by atoms with Gasteiger partial charge >= 0.3 is 0 Å². The Bertz CT molecular complexity index is 415. The van der Waals surface area contributed by atoms with Gasteiger partial charge in [-0.2, -0.15) is 0 Å². The molecule has 1 aromatic rings. The van der Waals surface area contributed by atoms with Gasteiger partial charge in [0.15, 0.2) is 0 Å². The summed E-state index contributed by atoms with van der Waals surface area (Å²) in [5.41, 5.74) is 1.23. The third-order valence-electron chi connectivity index (χ3n) is 4.18. The number of aromatic hydroxyl groups is 1. The van der Waals surface area contributed by atoms with E-state index in [4.69, 9.17) is 0 Å². The molecule has 0 saturated heterocycles. The van der Waals surface area contributed by atoms with Crippen LogP contribution in [0.15, 0.2) is 22.7 Å². The highest BCUT2D eigenvalue weighted by Gasteiger charge is 2.40. The lowest BCUT2D eigenvalue weighted by Crippen LogP contribution is -2.25. The number of halogens is 1.